The molecular weight excluding hydrogens is 641 g/mol. The van der Waals surface area contributed by atoms with Crippen molar-refractivity contribution in [3.05, 3.63) is 96.5 Å². The van der Waals surface area contributed by atoms with E-state index in [1.165, 1.54) is 7.11 Å². The molecule has 0 unspecified atom stereocenters. The first-order valence-electron chi connectivity index (χ1n) is 17.0. The quantitative estimate of drug-likeness (QED) is 0.206. The molecule has 0 saturated carbocycles. The van der Waals surface area contributed by atoms with E-state index in [-0.39, 0.29) is 53.9 Å². The number of aliphatic hydroxyl groups is 1. The van der Waals surface area contributed by atoms with Crippen LogP contribution in [0.15, 0.2) is 29.6 Å². The van der Waals surface area contributed by atoms with Crippen LogP contribution in [-0.4, -0.2) is 53.8 Å². The molecule has 10 heteroatoms. The van der Waals surface area contributed by atoms with Crippen LogP contribution in [0.25, 0.3) is 29.9 Å². The largest absolute Gasteiger partial charge is 2.00 e. The maximum Gasteiger partial charge on any atom is 2.00 e. The molecule has 0 spiro atoms. The summed E-state index contributed by atoms with van der Waals surface area (Å²) in [6, 6.07) is 0. The normalized spacial score (nSPS) is 24.1. The van der Waals surface area contributed by atoms with Gasteiger partial charge in [-0.3, -0.25) is 9.59 Å². The van der Waals surface area contributed by atoms with Crippen LogP contribution in [0.3, 0.4) is 0 Å². The van der Waals surface area contributed by atoms with E-state index < -0.39 is 18.0 Å². The molecule has 6 rings (SSSR count). The van der Waals surface area contributed by atoms with Gasteiger partial charge >= 0.3 is 35.0 Å². The van der Waals surface area contributed by atoms with Crippen LogP contribution >= 0.6 is 0 Å². The van der Waals surface area contributed by atoms with E-state index in [1.807, 2.05) is 58.1 Å². The molecule has 1 saturated heterocycles. The summed E-state index contributed by atoms with van der Waals surface area (Å²) in [5, 5.41) is 17.1. The minimum Gasteiger partial charge on any atom is -0.657 e. The van der Waals surface area contributed by atoms with Gasteiger partial charge in [0.25, 0.3) is 0 Å². The molecule has 2 N–H and O–H groups in total. The molecular formula is C40H45MgN4O5-. The number of allylic oxidation sites excluding steroid dienone is 3. The fourth-order valence-corrected chi connectivity index (χ4v) is 7.59. The Kier molecular flexibility index (Phi) is 11.0. The van der Waals surface area contributed by atoms with E-state index in [0.29, 0.717) is 28.9 Å². The summed E-state index contributed by atoms with van der Waals surface area (Å²) >= 11 is 0. The van der Waals surface area contributed by atoms with Gasteiger partial charge in [-0.1, -0.05) is 72.6 Å². The van der Waals surface area contributed by atoms with Crippen molar-refractivity contribution >= 4 is 64.9 Å². The standard InChI is InChI=1S/C40H45N4O5.Mg/c1-10-24-20(5)27-16-29-22(7)26(12-13-33(45)49-15-14-19(3)4)37(43-29)35-36(40(47)48-9)39(46)34-23(8)30(44-38(34)35)18-32-25(11-2)21(6)28(42-32)17-31(24)41-27;/h10,14,16-18,22,26,36,39,43,46H,1,11-13,15H2,2-9H3;/q-3;+2/b28-17-,29-16-,32-18-,37-35-;/t22-,26-,36+,39-;/m0./s1. The smallest absolute Gasteiger partial charge is 0.657 e. The zero-order valence-electron chi connectivity index (χ0n) is 30.4. The van der Waals surface area contributed by atoms with Crippen LogP contribution in [0.5, 0.6) is 0 Å². The third-order valence-corrected chi connectivity index (χ3v) is 10.4. The number of aromatic nitrogens is 3. The fraction of sp³-hybridized carbons (Fsp3) is 0.400. The molecule has 50 heavy (non-hydrogen) atoms. The van der Waals surface area contributed by atoms with Crippen LogP contribution < -0.4 is 31.0 Å². The zero-order chi connectivity index (χ0) is 35.3. The first-order chi connectivity index (χ1) is 23.4. The number of hydrogen-bond donors (Lipinski definition) is 2. The van der Waals surface area contributed by atoms with Crippen molar-refractivity contribution in [1.82, 2.24) is 20.3 Å². The Labute approximate surface area is 309 Å². The molecule has 5 heterocycles. The van der Waals surface area contributed by atoms with Crippen molar-refractivity contribution < 1.29 is 24.2 Å². The Morgan fingerprint density at radius 3 is 2.36 bits per heavy atom. The third-order valence-electron chi connectivity index (χ3n) is 10.4. The molecule has 3 aromatic heterocycles. The van der Waals surface area contributed by atoms with E-state index in [2.05, 4.69) is 32.7 Å². The molecule has 3 aliphatic rings. The summed E-state index contributed by atoms with van der Waals surface area (Å²) in [5.41, 5.74) is 11.7. The Hall–Kier alpha value is -3.99. The Balaban J connectivity index is 0.00000486. The molecule has 1 aliphatic carbocycles. The first kappa shape index (κ1) is 37.3. The SMILES string of the molecule is C=Cc1c2[n-]c(c1C)/C=C1\N/C(=C3\c4[n-]c(c(C)c4[C@H](O)[C@@H]3C(=O)OC)/C=c3\[n-]/c(c(C)c3CC)=C\2)[C@@H](CCC(=O)OCC=C(C)C)[C@@H]1C.[Mg+2]. The van der Waals surface area contributed by atoms with Gasteiger partial charge in [-0.05, 0) is 70.2 Å². The molecule has 8 bridgehead atoms. The topological polar surface area (TPSA) is 127 Å². The van der Waals surface area contributed by atoms with Crippen molar-refractivity contribution in [2.75, 3.05) is 13.7 Å². The number of rotatable bonds is 8. The number of ether oxygens (including phenoxy) is 2. The van der Waals surface area contributed by atoms with E-state index in [1.54, 1.807) is 0 Å². The second-order valence-electron chi connectivity index (χ2n) is 13.5. The minimum absolute atomic E-state index is 0. The number of methoxy groups -OCH3 is 1. The monoisotopic (exact) mass is 685 g/mol. The van der Waals surface area contributed by atoms with Gasteiger partial charge in [-0.25, -0.2) is 0 Å². The number of aliphatic hydroxyl groups excluding tert-OH is 1. The molecule has 9 nitrogen and oxygen atoms in total. The van der Waals surface area contributed by atoms with Crippen molar-refractivity contribution in [3.63, 3.8) is 0 Å². The Morgan fingerprint density at radius 1 is 1.00 bits per heavy atom. The molecule has 0 aromatic carbocycles. The molecule has 258 valence electrons. The van der Waals surface area contributed by atoms with Crippen LogP contribution in [0.1, 0.15) is 103 Å². The maximum absolute atomic E-state index is 13.4. The molecule has 0 radical (unpaired) electrons. The molecule has 0 amide bonds. The number of hydrogen-bond acceptors (Lipinski definition) is 6. The van der Waals surface area contributed by atoms with Gasteiger partial charge in [0.15, 0.2) is 0 Å². The summed E-state index contributed by atoms with van der Waals surface area (Å²) in [5.74, 6) is -2.13. The molecule has 1 fully saturated rings. The van der Waals surface area contributed by atoms with Crippen molar-refractivity contribution in [1.29, 1.82) is 0 Å². The van der Waals surface area contributed by atoms with Crippen molar-refractivity contribution in [2.45, 2.75) is 73.8 Å². The predicted molar refractivity (Wildman–Crippen MR) is 196 cm³/mol. The van der Waals surface area contributed by atoms with Gasteiger partial charge in [0.2, 0.25) is 0 Å². The van der Waals surface area contributed by atoms with Crippen molar-refractivity contribution in [2.24, 2.45) is 17.8 Å². The predicted octanol–water partition coefficient (Wildman–Crippen LogP) is 4.01. The van der Waals surface area contributed by atoms with Crippen LogP contribution in [-0.2, 0) is 25.5 Å². The fourth-order valence-electron chi connectivity index (χ4n) is 7.59. The van der Waals surface area contributed by atoms with Crippen LogP contribution in [0.2, 0.25) is 0 Å². The van der Waals surface area contributed by atoms with Crippen LogP contribution in [0.4, 0.5) is 0 Å². The summed E-state index contributed by atoms with van der Waals surface area (Å²) < 4.78 is 10.8. The number of fused-ring (bicyclic) bond motifs is 7. The van der Waals surface area contributed by atoms with Crippen molar-refractivity contribution in [3.8, 4) is 0 Å². The maximum atomic E-state index is 13.4. The van der Waals surface area contributed by atoms with E-state index in [9.17, 15) is 14.7 Å². The van der Waals surface area contributed by atoms with Gasteiger partial charge in [-0.15, -0.1) is 33.5 Å². The third kappa shape index (κ3) is 6.37. The molecule has 3 aromatic rings. The average molecular weight is 686 g/mol. The Morgan fingerprint density at radius 2 is 1.70 bits per heavy atom. The Bertz CT molecular complexity index is 2080. The minimum atomic E-state index is -1.15. The summed E-state index contributed by atoms with van der Waals surface area (Å²) in [7, 11) is 1.33. The van der Waals surface area contributed by atoms with Gasteiger partial charge < -0.3 is 34.8 Å². The number of carbonyl (C=O) groups excluding carboxylic acids is 2. The van der Waals surface area contributed by atoms with Gasteiger partial charge in [-0.2, -0.15) is 0 Å². The number of nitrogens with one attached hydrogen (secondary N) is 1. The zero-order valence-corrected chi connectivity index (χ0v) is 31.8. The second-order valence-corrected chi connectivity index (χ2v) is 13.5. The van der Waals surface area contributed by atoms with E-state index in [0.717, 1.165) is 73.3 Å². The second kappa shape index (κ2) is 14.7. The number of nitrogens with zero attached hydrogens (tertiary/aromatic N) is 3. The van der Waals surface area contributed by atoms with Gasteiger partial charge in [0.05, 0.1) is 13.2 Å². The van der Waals surface area contributed by atoms with Gasteiger partial charge in [0.1, 0.15) is 12.5 Å². The summed E-state index contributed by atoms with van der Waals surface area (Å²) in [6.45, 7) is 18.5. The molecule has 4 atom stereocenters. The average Bonchev–Trinajstić information content (AvgIpc) is 3.80. The van der Waals surface area contributed by atoms with E-state index in [4.69, 9.17) is 24.4 Å². The molecule has 2 aliphatic heterocycles. The summed E-state index contributed by atoms with van der Waals surface area (Å²) in [6.07, 6.45) is 10.0. The number of esters is 2. The van der Waals surface area contributed by atoms with Crippen LogP contribution in [0, 0.1) is 38.5 Å². The summed E-state index contributed by atoms with van der Waals surface area (Å²) in [4.78, 5) is 41.6. The van der Waals surface area contributed by atoms with E-state index >= 15 is 0 Å². The first-order valence-corrected chi connectivity index (χ1v) is 17.0. The van der Waals surface area contributed by atoms with Gasteiger partial charge in [0, 0.05) is 29.7 Å². The number of carbonyl (C=O) groups is 2.